The van der Waals surface area contributed by atoms with Crippen LogP contribution in [0.15, 0.2) is 0 Å². The SMILES string of the molecule is CCCCO[SiH](C)O[Si](C)(C)C. The van der Waals surface area contributed by atoms with Gasteiger partial charge in [-0.2, -0.15) is 0 Å². The van der Waals surface area contributed by atoms with E-state index in [9.17, 15) is 0 Å². The quantitative estimate of drug-likeness (QED) is 0.491. The molecule has 0 heterocycles. The van der Waals surface area contributed by atoms with E-state index in [1.165, 1.54) is 6.42 Å². The maximum atomic E-state index is 5.84. The summed E-state index contributed by atoms with van der Waals surface area (Å²) in [5.74, 6) is 0. The maximum Gasteiger partial charge on any atom is 0.307 e. The largest absolute Gasteiger partial charge is 0.438 e. The molecule has 0 rings (SSSR count). The highest BCUT2D eigenvalue weighted by atomic mass is 28.4. The van der Waals surface area contributed by atoms with Gasteiger partial charge in [0, 0.05) is 6.61 Å². The molecule has 0 aliphatic rings. The standard InChI is InChI=1S/C8H22O2Si2/c1-6-7-8-9-11(2)10-12(3,4)5/h11H,6-8H2,1-5H3. The first kappa shape index (κ1) is 12.4. The number of unbranched alkanes of at least 4 members (excludes halogenated alkanes) is 1. The lowest BCUT2D eigenvalue weighted by Gasteiger charge is -2.22. The summed E-state index contributed by atoms with van der Waals surface area (Å²) in [7, 11) is -2.64. The van der Waals surface area contributed by atoms with Crippen molar-refractivity contribution in [1.82, 2.24) is 0 Å². The van der Waals surface area contributed by atoms with E-state index in [0.717, 1.165) is 13.0 Å². The van der Waals surface area contributed by atoms with Crippen LogP contribution in [0.25, 0.3) is 0 Å². The van der Waals surface area contributed by atoms with Gasteiger partial charge in [-0.05, 0) is 32.6 Å². The molecule has 1 unspecified atom stereocenters. The Morgan fingerprint density at radius 1 is 1.25 bits per heavy atom. The monoisotopic (exact) mass is 206 g/mol. The minimum absolute atomic E-state index is 0.883. The Hall–Kier alpha value is 0.354. The zero-order valence-electron chi connectivity index (χ0n) is 9.02. The van der Waals surface area contributed by atoms with Crippen LogP contribution in [0.4, 0.5) is 0 Å². The van der Waals surface area contributed by atoms with E-state index in [2.05, 4.69) is 33.1 Å². The van der Waals surface area contributed by atoms with Gasteiger partial charge >= 0.3 is 9.28 Å². The Labute approximate surface area is 79.2 Å². The van der Waals surface area contributed by atoms with Crippen LogP contribution < -0.4 is 0 Å². The maximum absolute atomic E-state index is 5.84. The number of hydrogen-bond donors (Lipinski definition) is 0. The second-order valence-electron chi connectivity index (χ2n) is 4.02. The minimum Gasteiger partial charge on any atom is -0.438 e. The third-order valence-electron chi connectivity index (χ3n) is 1.37. The second kappa shape index (κ2) is 5.91. The van der Waals surface area contributed by atoms with Gasteiger partial charge in [0.1, 0.15) is 0 Å². The fraction of sp³-hybridized carbons (Fsp3) is 1.00. The fourth-order valence-corrected chi connectivity index (χ4v) is 5.68. The highest BCUT2D eigenvalue weighted by Crippen LogP contribution is 2.05. The van der Waals surface area contributed by atoms with Crippen molar-refractivity contribution in [2.75, 3.05) is 6.61 Å². The van der Waals surface area contributed by atoms with Crippen LogP contribution in [-0.4, -0.2) is 24.2 Å². The molecule has 0 aliphatic heterocycles. The molecular weight excluding hydrogens is 184 g/mol. The van der Waals surface area contributed by atoms with Crippen molar-refractivity contribution in [3.8, 4) is 0 Å². The van der Waals surface area contributed by atoms with Gasteiger partial charge in [0.2, 0.25) is 0 Å². The Morgan fingerprint density at radius 3 is 2.25 bits per heavy atom. The average molecular weight is 206 g/mol. The zero-order chi connectivity index (χ0) is 9.61. The highest BCUT2D eigenvalue weighted by Gasteiger charge is 2.19. The summed E-state index contributed by atoms with van der Waals surface area (Å²) < 4.78 is 11.4. The van der Waals surface area contributed by atoms with E-state index in [1.807, 2.05) is 0 Å². The van der Waals surface area contributed by atoms with Crippen LogP contribution in [0.1, 0.15) is 19.8 Å². The third kappa shape index (κ3) is 8.45. The summed E-state index contributed by atoms with van der Waals surface area (Å²) in [6.07, 6.45) is 2.36. The van der Waals surface area contributed by atoms with E-state index < -0.39 is 17.6 Å². The van der Waals surface area contributed by atoms with Gasteiger partial charge in [0.25, 0.3) is 0 Å². The van der Waals surface area contributed by atoms with E-state index in [-0.39, 0.29) is 0 Å². The molecule has 0 fully saturated rings. The molecule has 0 bridgehead atoms. The van der Waals surface area contributed by atoms with Crippen LogP contribution >= 0.6 is 0 Å². The van der Waals surface area contributed by atoms with Gasteiger partial charge in [-0.25, -0.2) is 0 Å². The van der Waals surface area contributed by atoms with Crippen molar-refractivity contribution in [3.05, 3.63) is 0 Å². The van der Waals surface area contributed by atoms with Crippen LogP contribution in [0, 0.1) is 0 Å². The Kier molecular flexibility index (Phi) is 6.08. The second-order valence-corrected chi connectivity index (χ2v) is 10.7. The van der Waals surface area contributed by atoms with Crippen molar-refractivity contribution < 1.29 is 8.54 Å². The van der Waals surface area contributed by atoms with E-state index in [1.54, 1.807) is 0 Å². The van der Waals surface area contributed by atoms with Gasteiger partial charge in [-0.1, -0.05) is 13.3 Å². The van der Waals surface area contributed by atoms with Crippen molar-refractivity contribution in [2.24, 2.45) is 0 Å². The van der Waals surface area contributed by atoms with E-state index in [0.29, 0.717) is 0 Å². The lowest BCUT2D eigenvalue weighted by Crippen LogP contribution is -2.35. The van der Waals surface area contributed by atoms with E-state index >= 15 is 0 Å². The molecule has 0 aromatic heterocycles. The topological polar surface area (TPSA) is 18.5 Å². The summed E-state index contributed by atoms with van der Waals surface area (Å²) >= 11 is 0. The summed E-state index contributed by atoms with van der Waals surface area (Å²) in [5.41, 5.74) is 0. The van der Waals surface area contributed by atoms with Crippen molar-refractivity contribution >= 4 is 17.6 Å². The first-order valence-corrected chi connectivity index (χ1v) is 10.3. The minimum atomic E-state index is -1.34. The average Bonchev–Trinajstić information content (AvgIpc) is 1.84. The summed E-state index contributed by atoms with van der Waals surface area (Å²) in [4.78, 5) is 0. The highest BCUT2D eigenvalue weighted by molar-refractivity contribution is 6.75. The molecule has 0 aromatic rings. The lowest BCUT2D eigenvalue weighted by atomic mass is 10.4. The molecule has 0 radical (unpaired) electrons. The Bertz CT molecular complexity index is 112. The molecule has 0 saturated carbocycles. The lowest BCUT2D eigenvalue weighted by molar-refractivity contribution is 0.263. The molecule has 2 nitrogen and oxygen atoms in total. The zero-order valence-corrected chi connectivity index (χ0v) is 11.2. The predicted octanol–water partition coefficient (Wildman–Crippen LogP) is 2.50. The van der Waals surface area contributed by atoms with Gasteiger partial charge in [-0.3, -0.25) is 0 Å². The predicted molar refractivity (Wildman–Crippen MR) is 58.3 cm³/mol. The molecule has 12 heavy (non-hydrogen) atoms. The van der Waals surface area contributed by atoms with Crippen molar-refractivity contribution in [3.63, 3.8) is 0 Å². The molecule has 0 aliphatic carbocycles. The van der Waals surface area contributed by atoms with Gasteiger partial charge < -0.3 is 8.54 Å². The van der Waals surface area contributed by atoms with Crippen molar-refractivity contribution in [1.29, 1.82) is 0 Å². The molecule has 0 aromatic carbocycles. The van der Waals surface area contributed by atoms with E-state index in [4.69, 9.17) is 8.54 Å². The summed E-state index contributed by atoms with van der Waals surface area (Å²) in [6.45, 7) is 11.8. The van der Waals surface area contributed by atoms with Crippen molar-refractivity contribution in [2.45, 2.75) is 46.0 Å². The third-order valence-corrected chi connectivity index (χ3v) is 6.23. The molecule has 0 spiro atoms. The molecular formula is C8H22O2Si2. The normalized spacial score (nSPS) is 14.8. The Balaban J connectivity index is 3.40. The summed E-state index contributed by atoms with van der Waals surface area (Å²) in [5, 5.41) is 0. The van der Waals surface area contributed by atoms with Crippen LogP contribution in [0.2, 0.25) is 26.2 Å². The number of hydrogen-bond acceptors (Lipinski definition) is 2. The van der Waals surface area contributed by atoms with Gasteiger partial charge in [0.15, 0.2) is 8.32 Å². The smallest absolute Gasteiger partial charge is 0.307 e. The van der Waals surface area contributed by atoms with Gasteiger partial charge in [0.05, 0.1) is 0 Å². The summed E-state index contributed by atoms with van der Waals surface area (Å²) in [6, 6.07) is 0. The molecule has 1 atom stereocenters. The molecule has 0 amide bonds. The molecule has 4 heteroatoms. The molecule has 74 valence electrons. The first-order valence-electron chi connectivity index (χ1n) is 4.75. The number of rotatable bonds is 6. The van der Waals surface area contributed by atoms with Crippen LogP contribution in [0.5, 0.6) is 0 Å². The van der Waals surface area contributed by atoms with Crippen LogP contribution in [-0.2, 0) is 8.54 Å². The fourth-order valence-electron chi connectivity index (χ4n) is 0.926. The Morgan fingerprint density at radius 2 is 1.83 bits per heavy atom. The van der Waals surface area contributed by atoms with Gasteiger partial charge in [-0.15, -0.1) is 0 Å². The molecule has 0 saturated heterocycles. The van der Waals surface area contributed by atoms with Crippen LogP contribution in [0.3, 0.4) is 0 Å². The molecule has 0 N–H and O–H groups in total. The first-order chi connectivity index (χ1) is 5.45.